The largest absolute Gasteiger partial charge is 0.497 e. The van der Waals surface area contributed by atoms with Crippen molar-refractivity contribution < 1.29 is 28.2 Å². The molecule has 174 valence electrons. The van der Waals surface area contributed by atoms with E-state index in [1.165, 1.54) is 32.4 Å². The second kappa shape index (κ2) is 9.66. The van der Waals surface area contributed by atoms with E-state index < -0.39 is 17.6 Å². The van der Waals surface area contributed by atoms with Gasteiger partial charge in [0, 0.05) is 6.07 Å². The Morgan fingerprint density at radius 3 is 2.24 bits per heavy atom. The molecule has 0 unspecified atom stereocenters. The van der Waals surface area contributed by atoms with Crippen molar-refractivity contribution in [1.29, 1.82) is 0 Å². The molecule has 34 heavy (non-hydrogen) atoms. The zero-order valence-electron chi connectivity index (χ0n) is 18.9. The molecule has 1 aliphatic heterocycles. The van der Waals surface area contributed by atoms with E-state index in [-0.39, 0.29) is 17.0 Å². The molecular weight excluding hydrogens is 439 g/mol. The fourth-order valence-electron chi connectivity index (χ4n) is 3.69. The Balaban J connectivity index is 1.83. The summed E-state index contributed by atoms with van der Waals surface area (Å²) < 4.78 is 30.7. The molecule has 2 amide bonds. The monoisotopic (exact) mass is 462 g/mol. The zero-order valence-corrected chi connectivity index (χ0v) is 18.9. The minimum absolute atomic E-state index is 0.000815. The van der Waals surface area contributed by atoms with Crippen LogP contribution < -0.4 is 24.4 Å². The first-order valence-corrected chi connectivity index (χ1v) is 10.6. The summed E-state index contributed by atoms with van der Waals surface area (Å²) in [6.45, 7) is 2.36. The van der Waals surface area contributed by atoms with Crippen molar-refractivity contribution in [3.05, 3.63) is 83.8 Å². The van der Waals surface area contributed by atoms with E-state index in [1.54, 1.807) is 48.5 Å². The van der Waals surface area contributed by atoms with Crippen LogP contribution in [0.1, 0.15) is 12.5 Å². The minimum Gasteiger partial charge on any atom is -0.497 e. The van der Waals surface area contributed by atoms with Gasteiger partial charge in [-0.3, -0.25) is 9.59 Å². The average molecular weight is 462 g/mol. The van der Waals surface area contributed by atoms with Gasteiger partial charge in [-0.1, -0.05) is 24.3 Å². The summed E-state index contributed by atoms with van der Waals surface area (Å²) in [7, 11) is 3.01. The van der Waals surface area contributed by atoms with Crippen molar-refractivity contribution in [2.45, 2.75) is 6.92 Å². The second-order valence-electron chi connectivity index (χ2n) is 7.30. The molecule has 8 heteroatoms. The molecule has 0 radical (unpaired) electrons. The maximum atomic E-state index is 14.6. The molecule has 0 fully saturated rings. The Kier molecular flexibility index (Phi) is 6.49. The van der Waals surface area contributed by atoms with Gasteiger partial charge in [-0.05, 0) is 48.9 Å². The topological polar surface area (TPSA) is 77.1 Å². The highest BCUT2D eigenvalue weighted by molar-refractivity contribution is 6.46. The number of imide groups is 1. The number of carbonyl (C=O) groups is 2. The van der Waals surface area contributed by atoms with Crippen LogP contribution in [0.15, 0.2) is 72.4 Å². The van der Waals surface area contributed by atoms with Gasteiger partial charge < -0.3 is 19.5 Å². The fraction of sp³-hybridized carbons (Fsp3) is 0.154. The Bertz CT molecular complexity index is 1270. The third-order valence-electron chi connectivity index (χ3n) is 5.30. The number of hydrogen-bond acceptors (Lipinski definition) is 6. The molecule has 4 rings (SSSR count). The number of nitrogens with zero attached hydrogens (tertiary/aromatic N) is 1. The van der Waals surface area contributed by atoms with Crippen molar-refractivity contribution >= 4 is 28.8 Å². The number of amides is 2. The van der Waals surface area contributed by atoms with Gasteiger partial charge in [-0.25, -0.2) is 9.29 Å². The summed E-state index contributed by atoms with van der Waals surface area (Å²) in [6, 6.07) is 17.4. The van der Waals surface area contributed by atoms with Gasteiger partial charge in [0.15, 0.2) is 0 Å². The van der Waals surface area contributed by atoms with E-state index in [0.29, 0.717) is 35.1 Å². The highest BCUT2D eigenvalue weighted by Crippen LogP contribution is 2.37. The van der Waals surface area contributed by atoms with Crippen molar-refractivity contribution in [3.63, 3.8) is 0 Å². The molecule has 0 aromatic heterocycles. The first-order valence-electron chi connectivity index (χ1n) is 10.6. The lowest BCUT2D eigenvalue weighted by atomic mass is 10.0. The molecule has 0 bridgehead atoms. The Morgan fingerprint density at radius 2 is 1.59 bits per heavy atom. The number of methoxy groups -OCH3 is 2. The maximum absolute atomic E-state index is 14.6. The van der Waals surface area contributed by atoms with E-state index in [2.05, 4.69) is 5.32 Å². The molecule has 0 atom stereocenters. The van der Waals surface area contributed by atoms with Crippen molar-refractivity contribution in [1.82, 2.24) is 0 Å². The summed E-state index contributed by atoms with van der Waals surface area (Å²) in [5.74, 6) is -0.419. The first kappa shape index (κ1) is 22.8. The second-order valence-corrected chi connectivity index (χ2v) is 7.30. The molecule has 0 saturated heterocycles. The van der Waals surface area contributed by atoms with Gasteiger partial charge in [-0.15, -0.1) is 0 Å². The number of benzene rings is 3. The van der Waals surface area contributed by atoms with Crippen LogP contribution in [0.4, 0.5) is 15.8 Å². The quantitative estimate of drug-likeness (QED) is 0.492. The number of ether oxygens (including phenoxy) is 3. The van der Waals surface area contributed by atoms with Gasteiger partial charge in [0.1, 0.15) is 28.8 Å². The third-order valence-corrected chi connectivity index (χ3v) is 5.30. The van der Waals surface area contributed by atoms with Crippen molar-refractivity contribution in [2.75, 3.05) is 31.0 Å². The number of hydrogen-bond donors (Lipinski definition) is 1. The molecule has 3 aromatic rings. The summed E-state index contributed by atoms with van der Waals surface area (Å²) in [4.78, 5) is 27.8. The fourth-order valence-corrected chi connectivity index (χ4v) is 3.69. The molecule has 0 saturated carbocycles. The SMILES string of the molecule is CCOc1ccc(C2=C(Nc3ccc(OC)cc3OC)C(=O)N(c3ccccc3F)C2=O)cc1. The van der Waals surface area contributed by atoms with Crippen molar-refractivity contribution in [3.8, 4) is 17.2 Å². The molecule has 0 aliphatic carbocycles. The highest BCUT2D eigenvalue weighted by Gasteiger charge is 2.41. The van der Waals surface area contributed by atoms with Crippen LogP contribution in [0.25, 0.3) is 5.57 Å². The number of anilines is 2. The van der Waals surface area contributed by atoms with Crippen LogP contribution in [0, 0.1) is 5.82 Å². The molecule has 0 spiro atoms. The molecule has 1 N–H and O–H groups in total. The number of nitrogens with one attached hydrogen (secondary N) is 1. The summed E-state index contributed by atoms with van der Waals surface area (Å²) >= 11 is 0. The minimum atomic E-state index is -0.683. The number of carbonyl (C=O) groups excluding carboxylic acids is 2. The van der Waals surface area contributed by atoms with E-state index in [4.69, 9.17) is 14.2 Å². The molecular formula is C26H23FN2O5. The van der Waals surface area contributed by atoms with Crippen LogP contribution in [-0.2, 0) is 9.59 Å². The smallest absolute Gasteiger partial charge is 0.282 e. The predicted molar refractivity (Wildman–Crippen MR) is 127 cm³/mol. The number of para-hydroxylation sites is 1. The predicted octanol–water partition coefficient (Wildman–Crippen LogP) is 4.64. The first-order chi connectivity index (χ1) is 16.5. The standard InChI is InChI=1S/C26H23FN2O5/c1-4-34-17-11-9-16(10-12-17)23-24(28-20-14-13-18(32-2)15-22(20)33-3)26(31)29(25(23)30)21-8-6-5-7-19(21)27/h5-15,28H,4H2,1-3H3. The Hall–Kier alpha value is -4.33. The van der Waals surface area contributed by atoms with Crippen LogP contribution in [0.3, 0.4) is 0 Å². The zero-order chi connectivity index (χ0) is 24.2. The summed E-state index contributed by atoms with van der Waals surface area (Å²) in [5, 5.41) is 3.03. The Morgan fingerprint density at radius 1 is 0.882 bits per heavy atom. The van der Waals surface area contributed by atoms with E-state index in [0.717, 1.165) is 4.90 Å². The van der Waals surface area contributed by atoms with Crippen molar-refractivity contribution in [2.24, 2.45) is 0 Å². The summed E-state index contributed by atoms with van der Waals surface area (Å²) in [5.41, 5.74) is 0.906. The lowest BCUT2D eigenvalue weighted by molar-refractivity contribution is -0.120. The molecule has 3 aromatic carbocycles. The average Bonchev–Trinajstić information content (AvgIpc) is 3.09. The third kappa shape index (κ3) is 4.17. The number of halogens is 1. The molecule has 1 aliphatic rings. The lowest BCUT2D eigenvalue weighted by Crippen LogP contribution is -2.33. The van der Waals surface area contributed by atoms with Gasteiger partial charge >= 0.3 is 0 Å². The van der Waals surface area contributed by atoms with Gasteiger partial charge in [0.05, 0.1) is 37.8 Å². The summed E-state index contributed by atoms with van der Waals surface area (Å²) in [6.07, 6.45) is 0. The normalized spacial score (nSPS) is 13.4. The highest BCUT2D eigenvalue weighted by atomic mass is 19.1. The molecule has 1 heterocycles. The van der Waals surface area contributed by atoms with Gasteiger partial charge in [0.25, 0.3) is 11.8 Å². The van der Waals surface area contributed by atoms with E-state index >= 15 is 0 Å². The van der Waals surface area contributed by atoms with E-state index in [9.17, 15) is 14.0 Å². The maximum Gasteiger partial charge on any atom is 0.282 e. The number of rotatable bonds is 8. The Labute approximate surface area is 196 Å². The molecule has 7 nitrogen and oxygen atoms in total. The van der Waals surface area contributed by atoms with Crippen LogP contribution in [0.2, 0.25) is 0 Å². The van der Waals surface area contributed by atoms with E-state index in [1.807, 2.05) is 6.92 Å². The van der Waals surface area contributed by atoms with Crippen LogP contribution in [-0.4, -0.2) is 32.6 Å². The lowest BCUT2D eigenvalue weighted by Gasteiger charge is -2.16. The van der Waals surface area contributed by atoms with Gasteiger partial charge in [-0.2, -0.15) is 0 Å². The van der Waals surface area contributed by atoms with Crippen LogP contribution in [0.5, 0.6) is 17.2 Å². The van der Waals surface area contributed by atoms with Crippen LogP contribution >= 0.6 is 0 Å². The van der Waals surface area contributed by atoms with Gasteiger partial charge in [0.2, 0.25) is 0 Å².